The molecular formula is C28H35N5O5. The molecule has 3 aromatic rings. The van der Waals surface area contributed by atoms with E-state index in [4.69, 9.17) is 18.9 Å². The summed E-state index contributed by atoms with van der Waals surface area (Å²) in [6, 6.07) is 4.02. The fourth-order valence-electron chi connectivity index (χ4n) is 5.83. The zero-order valence-corrected chi connectivity index (χ0v) is 22.8. The Kier molecular flexibility index (Phi) is 5.88. The monoisotopic (exact) mass is 521 g/mol. The van der Waals surface area contributed by atoms with Gasteiger partial charge in [-0.05, 0) is 65.7 Å². The molecule has 1 amide bonds. The lowest BCUT2D eigenvalue weighted by atomic mass is 10.0. The molecule has 2 aliphatic heterocycles. The Morgan fingerprint density at radius 2 is 1.92 bits per heavy atom. The van der Waals surface area contributed by atoms with Gasteiger partial charge >= 0.3 is 6.09 Å². The number of aryl methyl sites for hydroxylation is 1. The maximum atomic E-state index is 12.8. The van der Waals surface area contributed by atoms with E-state index in [2.05, 4.69) is 25.6 Å². The van der Waals surface area contributed by atoms with Gasteiger partial charge in [-0.3, -0.25) is 0 Å². The molecule has 10 nitrogen and oxygen atoms in total. The minimum atomic E-state index is -0.736. The minimum absolute atomic E-state index is 0.0311. The molecule has 10 heteroatoms. The second kappa shape index (κ2) is 8.91. The summed E-state index contributed by atoms with van der Waals surface area (Å²) >= 11 is 0. The molecule has 3 aliphatic rings. The van der Waals surface area contributed by atoms with E-state index in [1.807, 2.05) is 53.8 Å². The van der Waals surface area contributed by atoms with Crippen molar-refractivity contribution in [3.8, 4) is 5.88 Å². The van der Waals surface area contributed by atoms with Crippen LogP contribution in [0.3, 0.4) is 0 Å². The lowest BCUT2D eigenvalue weighted by Crippen LogP contribution is -2.40. The van der Waals surface area contributed by atoms with Crippen LogP contribution in [0, 0.1) is 6.92 Å². The third kappa shape index (κ3) is 4.49. The van der Waals surface area contributed by atoms with Gasteiger partial charge in [0.05, 0.1) is 18.3 Å². The smallest absolute Gasteiger partial charge is 0.410 e. The Balaban J connectivity index is 1.29. The zero-order chi connectivity index (χ0) is 26.8. The van der Waals surface area contributed by atoms with Gasteiger partial charge in [0, 0.05) is 36.3 Å². The Morgan fingerprint density at radius 3 is 2.71 bits per heavy atom. The van der Waals surface area contributed by atoms with E-state index in [1.54, 1.807) is 17.4 Å². The summed E-state index contributed by atoms with van der Waals surface area (Å²) in [7, 11) is 0. The molecule has 1 saturated heterocycles. The number of hydrogen-bond donors (Lipinski definition) is 0. The molecule has 1 aliphatic carbocycles. The lowest BCUT2D eigenvalue weighted by Gasteiger charge is -2.32. The van der Waals surface area contributed by atoms with Crippen LogP contribution in [0.15, 0.2) is 30.9 Å². The van der Waals surface area contributed by atoms with Crippen LogP contribution in [-0.4, -0.2) is 66.8 Å². The summed E-state index contributed by atoms with van der Waals surface area (Å²) < 4.78 is 27.2. The molecule has 202 valence electrons. The maximum absolute atomic E-state index is 12.8. The molecule has 0 spiro atoms. The lowest BCUT2D eigenvalue weighted by molar-refractivity contribution is -0.164. The van der Waals surface area contributed by atoms with E-state index in [1.165, 1.54) is 0 Å². The van der Waals surface area contributed by atoms with Crippen molar-refractivity contribution < 1.29 is 23.7 Å². The quantitative estimate of drug-likeness (QED) is 0.502. The first-order valence-electron chi connectivity index (χ1n) is 13.2. The van der Waals surface area contributed by atoms with Crippen molar-refractivity contribution in [1.29, 1.82) is 0 Å². The third-order valence-electron chi connectivity index (χ3n) is 7.48. The molecule has 0 radical (unpaired) electrons. The number of aromatic nitrogens is 4. The maximum Gasteiger partial charge on any atom is 0.410 e. The molecule has 38 heavy (non-hydrogen) atoms. The van der Waals surface area contributed by atoms with Gasteiger partial charge in [0.1, 0.15) is 35.9 Å². The van der Waals surface area contributed by atoms with Gasteiger partial charge < -0.3 is 28.4 Å². The van der Waals surface area contributed by atoms with Crippen LogP contribution in [0.25, 0.3) is 11.0 Å². The van der Waals surface area contributed by atoms with Crippen molar-refractivity contribution in [1.82, 2.24) is 24.4 Å². The predicted octanol–water partition coefficient (Wildman–Crippen LogP) is 4.34. The number of nitrogens with zero attached hydrogens (tertiary/aromatic N) is 5. The molecule has 0 bridgehead atoms. The SMILES string of the molecule is Cc1ncnc2c1ccn2[C@@H]1C[C@H](Oc2nccc3c2CN(C(=O)OC(C)(C)C)CC3)[C@H]2OC(C)(C)OC12. The highest BCUT2D eigenvalue weighted by atomic mass is 16.8. The van der Waals surface area contributed by atoms with Crippen molar-refractivity contribution >= 4 is 17.1 Å². The fraction of sp³-hybridized carbons (Fsp3) is 0.571. The largest absolute Gasteiger partial charge is 0.471 e. The third-order valence-corrected chi connectivity index (χ3v) is 7.48. The van der Waals surface area contributed by atoms with Crippen LogP contribution in [0.2, 0.25) is 0 Å². The highest BCUT2D eigenvalue weighted by Gasteiger charge is 2.56. The molecular weight excluding hydrogens is 486 g/mol. The first kappa shape index (κ1) is 25.1. The number of hydrogen-bond acceptors (Lipinski definition) is 8. The summed E-state index contributed by atoms with van der Waals surface area (Å²) in [5, 5.41) is 1.02. The Labute approximate surface area is 222 Å². The molecule has 1 saturated carbocycles. The highest BCUT2D eigenvalue weighted by Crippen LogP contribution is 2.46. The van der Waals surface area contributed by atoms with Gasteiger partial charge in [-0.15, -0.1) is 0 Å². The second-order valence-corrected chi connectivity index (χ2v) is 11.8. The Morgan fingerprint density at radius 1 is 1.13 bits per heavy atom. The van der Waals surface area contributed by atoms with Crippen molar-refractivity contribution in [3.63, 3.8) is 0 Å². The zero-order valence-electron chi connectivity index (χ0n) is 22.8. The molecule has 0 N–H and O–H groups in total. The number of ether oxygens (including phenoxy) is 4. The summed E-state index contributed by atoms with van der Waals surface area (Å²) in [5.41, 5.74) is 3.30. The van der Waals surface area contributed by atoms with Crippen LogP contribution in [0.1, 0.15) is 63.9 Å². The summed E-state index contributed by atoms with van der Waals surface area (Å²) in [6.45, 7) is 12.4. The van der Waals surface area contributed by atoms with Crippen molar-refractivity contribution in [3.05, 3.63) is 47.7 Å². The van der Waals surface area contributed by atoms with E-state index in [-0.39, 0.29) is 30.4 Å². The first-order valence-corrected chi connectivity index (χ1v) is 13.2. The Bertz CT molecular complexity index is 1380. The van der Waals surface area contributed by atoms with Gasteiger partial charge in [-0.1, -0.05) is 0 Å². The van der Waals surface area contributed by atoms with E-state index < -0.39 is 11.4 Å². The van der Waals surface area contributed by atoms with Gasteiger partial charge in [-0.25, -0.2) is 19.7 Å². The number of amides is 1. The normalized spacial score (nSPS) is 26.3. The van der Waals surface area contributed by atoms with Crippen LogP contribution in [0.4, 0.5) is 4.79 Å². The molecule has 6 rings (SSSR count). The Hall–Kier alpha value is -3.24. The van der Waals surface area contributed by atoms with E-state index in [9.17, 15) is 4.79 Å². The molecule has 5 heterocycles. The summed E-state index contributed by atoms with van der Waals surface area (Å²) in [4.78, 5) is 28.0. The van der Waals surface area contributed by atoms with Gasteiger partial charge in [-0.2, -0.15) is 0 Å². The molecule has 1 unspecified atom stereocenters. The van der Waals surface area contributed by atoms with E-state index in [0.29, 0.717) is 31.8 Å². The number of pyridine rings is 1. The van der Waals surface area contributed by atoms with Crippen LogP contribution < -0.4 is 4.74 Å². The van der Waals surface area contributed by atoms with Crippen LogP contribution >= 0.6 is 0 Å². The summed E-state index contributed by atoms with van der Waals surface area (Å²) in [5.74, 6) is -0.204. The van der Waals surface area contributed by atoms with Crippen molar-refractivity contribution in [2.45, 2.75) is 96.7 Å². The predicted molar refractivity (Wildman–Crippen MR) is 139 cm³/mol. The number of rotatable bonds is 3. The van der Waals surface area contributed by atoms with E-state index in [0.717, 1.165) is 27.9 Å². The van der Waals surface area contributed by atoms with Crippen molar-refractivity contribution in [2.75, 3.05) is 6.54 Å². The second-order valence-electron chi connectivity index (χ2n) is 11.8. The van der Waals surface area contributed by atoms with Crippen LogP contribution in [-0.2, 0) is 27.2 Å². The molecule has 3 aromatic heterocycles. The number of carbonyl (C=O) groups excluding carboxylic acids is 1. The topological polar surface area (TPSA) is 101 Å². The van der Waals surface area contributed by atoms with Gasteiger partial charge in [0.25, 0.3) is 0 Å². The number of fused-ring (bicyclic) bond motifs is 3. The fourth-order valence-corrected chi connectivity index (χ4v) is 5.83. The molecule has 2 fully saturated rings. The van der Waals surface area contributed by atoms with Gasteiger partial charge in [0.2, 0.25) is 5.88 Å². The highest BCUT2D eigenvalue weighted by molar-refractivity contribution is 5.78. The first-order chi connectivity index (χ1) is 18.0. The van der Waals surface area contributed by atoms with E-state index >= 15 is 0 Å². The van der Waals surface area contributed by atoms with Crippen LogP contribution in [0.5, 0.6) is 5.88 Å². The average Bonchev–Trinajstić information content (AvgIpc) is 3.50. The molecule has 0 aromatic carbocycles. The minimum Gasteiger partial charge on any atom is -0.471 e. The van der Waals surface area contributed by atoms with Gasteiger partial charge in [0.15, 0.2) is 5.79 Å². The number of carbonyl (C=O) groups is 1. The summed E-state index contributed by atoms with van der Waals surface area (Å²) in [6.07, 6.45) is 5.70. The average molecular weight is 522 g/mol. The van der Waals surface area contributed by atoms with Crippen molar-refractivity contribution in [2.24, 2.45) is 0 Å². The standard InChI is InChI=1S/C28H35N5O5/c1-16-18-9-12-33(24(18)31-15-30-16)20-13-21(23-22(20)36-28(5,6)37-23)35-25-19-14-32(26(34)38-27(2,3)4)11-8-17(19)7-10-29-25/h7,9-10,12,15,20-23H,8,11,13-14H2,1-6H3/t20-,21+,22?,23-/m1/s1. The molecule has 4 atom stereocenters.